The Balaban J connectivity index is 2.04. The molecule has 2 rings (SSSR count). The van der Waals surface area contributed by atoms with Gasteiger partial charge in [-0.2, -0.15) is 4.21 Å². The molecule has 8 heteroatoms. The van der Waals surface area contributed by atoms with Crippen LogP contribution in [0.25, 0.3) is 10.9 Å². The molecule has 2 atom stereocenters. The van der Waals surface area contributed by atoms with Crippen LogP contribution in [0.5, 0.6) is 0 Å². The topological polar surface area (TPSA) is 115 Å². The number of H-pyrrole nitrogens is 1. The van der Waals surface area contributed by atoms with Crippen molar-refractivity contribution in [2.24, 2.45) is 5.73 Å². The van der Waals surface area contributed by atoms with Crippen LogP contribution in [-0.2, 0) is 31.8 Å². The molecule has 7 nitrogen and oxygen atoms in total. The van der Waals surface area contributed by atoms with Gasteiger partial charge in [0.05, 0.1) is 0 Å². The molecule has 0 saturated carbocycles. The summed E-state index contributed by atoms with van der Waals surface area (Å²) >= 11 is -2.67. The van der Waals surface area contributed by atoms with Gasteiger partial charge in [0, 0.05) is 23.5 Å². The fourth-order valence-corrected chi connectivity index (χ4v) is 1.87. The van der Waals surface area contributed by atoms with E-state index in [1.54, 1.807) is 6.20 Å². The maximum Gasteiger partial charge on any atom is 0.360 e. The normalized spacial score (nSPS) is 14.2. The zero-order valence-corrected chi connectivity index (χ0v) is 10.6. The molecule has 2 aromatic rings. The van der Waals surface area contributed by atoms with Crippen molar-refractivity contribution >= 4 is 28.2 Å². The Bertz CT molecular complexity index is 612. The minimum atomic E-state index is -2.67. The van der Waals surface area contributed by atoms with Crippen molar-refractivity contribution in [1.82, 2.24) is 4.98 Å². The van der Waals surface area contributed by atoms with Gasteiger partial charge in [-0.05, 0) is 11.6 Å². The summed E-state index contributed by atoms with van der Waals surface area (Å²) in [5.74, 6) is -0.910. The van der Waals surface area contributed by atoms with E-state index in [-0.39, 0.29) is 6.42 Å². The largest absolute Gasteiger partial charge is 0.361 e. The molecule has 0 spiro atoms. The van der Waals surface area contributed by atoms with Gasteiger partial charge in [0.15, 0.2) is 0 Å². The number of benzene rings is 1. The van der Waals surface area contributed by atoms with Crippen molar-refractivity contribution in [2.75, 3.05) is 0 Å². The third kappa shape index (κ3) is 3.38. The second-order valence-electron chi connectivity index (χ2n) is 3.86. The third-order valence-electron chi connectivity index (χ3n) is 2.59. The number of hydrogen-bond donors (Lipinski definition) is 3. The number of para-hydroxylation sites is 1. The highest BCUT2D eigenvalue weighted by Gasteiger charge is 2.19. The van der Waals surface area contributed by atoms with Crippen LogP contribution in [0.4, 0.5) is 0 Å². The Morgan fingerprint density at radius 3 is 2.95 bits per heavy atom. The first-order valence-corrected chi connectivity index (χ1v) is 6.41. The lowest BCUT2D eigenvalue weighted by Gasteiger charge is -2.07. The first-order chi connectivity index (χ1) is 9.08. The average molecular weight is 284 g/mol. The Morgan fingerprint density at radius 1 is 1.47 bits per heavy atom. The standard InChI is InChI=1S/C11H12N2O5S/c12-9(11(14)17-18-19(15)16)5-7-6-13-10-4-2-1-3-8(7)10/h1-4,6,9,13H,5,12H2,(H,15,16). The quantitative estimate of drug-likeness (QED) is 0.422. The molecule has 0 amide bonds. The van der Waals surface area contributed by atoms with Crippen LogP contribution < -0.4 is 5.73 Å². The SMILES string of the molecule is NC(Cc1c[nH]c2ccccc12)C(=O)OOS(=O)O. The zero-order valence-electron chi connectivity index (χ0n) is 9.74. The Morgan fingerprint density at radius 2 is 2.21 bits per heavy atom. The predicted octanol–water partition coefficient (Wildman–Crippen LogP) is 0.649. The summed E-state index contributed by atoms with van der Waals surface area (Å²) in [6.07, 6.45) is 1.98. The van der Waals surface area contributed by atoms with Crippen molar-refractivity contribution in [3.8, 4) is 0 Å². The molecule has 1 aromatic carbocycles. The molecule has 1 heterocycles. The number of rotatable bonds is 5. The molecular weight excluding hydrogens is 272 g/mol. The van der Waals surface area contributed by atoms with Crippen molar-refractivity contribution in [3.05, 3.63) is 36.0 Å². The molecule has 0 bridgehead atoms. The highest BCUT2D eigenvalue weighted by Crippen LogP contribution is 2.18. The Labute approximate surface area is 111 Å². The average Bonchev–Trinajstić information content (AvgIpc) is 2.79. The van der Waals surface area contributed by atoms with Gasteiger partial charge in [-0.1, -0.05) is 22.5 Å². The zero-order chi connectivity index (χ0) is 13.8. The molecule has 0 aliphatic rings. The first kappa shape index (κ1) is 13.7. The summed E-state index contributed by atoms with van der Waals surface area (Å²) < 4.78 is 22.3. The van der Waals surface area contributed by atoms with Crippen LogP contribution in [0.15, 0.2) is 30.5 Å². The van der Waals surface area contributed by atoms with Crippen molar-refractivity contribution in [3.63, 3.8) is 0 Å². The van der Waals surface area contributed by atoms with Gasteiger partial charge in [0.2, 0.25) is 0 Å². The van der Waals surface area contributed by atoms with E-state index in [2.05, 4.69) is 14.2 Å². The van der Waals surface area contributed by atoms with E-state index in [9.17, 15) is 9.00 Å². The van der Waals surface area contributed by atoms with Crippen molar-refractivity contribution < 1.29 is 22.8 Å². The van der Waals surface area contributed by atoms with Crippen molar-refractivity contribution in [2.45, 2.75) is 12.5 Å². The monoisotopic (exact) mass is 284 g/mol. The van der Waals surface area contributed by atoms with Crippen LogP contribution in [0.1, 0.15) is 5.56 Å². The van der Waals surface area contributed by atoms with Gasteiger partial charge in [0.25, 0.3) is 0 Å². The second-order valence-corrected chi connectivity index (χ2v) is 4.43. The van der Waals surface area contributed by atoms with Gasteiger partial charge in [-0.15, -0.1) is 0 Å². The maximum absolute atomic E-state index is 11.4. The molecular formula is C11H12N2O5S. The molecule has 2 unspecified atom stereocenters. The number of nitrogens with one attached hydrogen (secondary N) is 1. The number of aromatic nitrogens is 1. The number of fused-ring (bicyclic) bond motifs is 1. The Hall–Kier alpha value is -1.74. The summed E-state index contributed by atoms with van der Waals surface area (Å²) in [6, 6.07) is 6.59. The molecule has 1 aromatic heterocycles. The number of nitrogens with two attached hydrogens (primary N) is 1. The van der Waals surface area contributed by atoms with E-state index in [1.807, 2.05) is 24.3 Å². The number of carbonyl (C=O) groups is 1. The Kier molecular flexibility index (Phi) is 4.27. The van der Waals surface area contributed by atoms with Crippen LogP contribution in [0, 0.1) is 0 Å². The highest BCUT2D eigenvalue weighted by atomic mass is 32.2. The van der Waals surface area contributed by atoms with E-state index in [1.165, 1.54) is 0 Å². The predicted molar refractivity (Wildman–Crippen MR) is 67.9 cm³/mol. The lowest BCUT2D eigenvalue weighted by molar-refractivity contribution is -0.213. The number of carbonyl (C=O) groups excluding carboxylic acids is 1. The summed E-state index contributed by atoms with van der Waals surface area (Å²) in [4.78, 5) is 18.5. The summed E-state index contributed by atoms with van der Waals surface area (Å²) in [5, 5.41) is 0.956. The maximum atomic E-state index is 11.4. The molecule has 4 N–H and O–H groups in total. The van der Waals surface area contributed by atoms with E-state index < -0.39 is 23.4 Å². The second kappa shape index (κ2) is 5.93. The van der Waals surface area contributed by atoms with E-state index >= 15 is 0 Å². The lowest BCUT2D eigenvalue weighted by Crippen LogP contribution is -2.34. The van der Waals surface area contributed by atoms with E-state index in [0.29, 0.717) is 0 Å². The highest BCUT2D eigenvalue weighted by molar-refractivity contribution is 7.74. The van der Waals surface area contributed by atoms with Crippen LogP contribution in [0.3, 0.4) is 0 Å². The van der Waals surface area contributed by atoms with E-state index in [4.69, 9.17) is 10.3 Å². The van der Waals surface area contributed by atoms with Crippen LogP contribution in [0.2, 0.25) is 0 Å². The van der Waals surface area contributed by atoms with Gasteiger partial charge in [-0.3, -0.25) is 9.44 Å². The first-order valence-electron chi connectivity index (χ1n) is 5.38. The number of aromatic amines is 1. The smallest absolute Gasteiger partial charge is 0.360 e. The molecule has 0 radical (unpaired) electrons. The van der Waals surface area contributed by atoms with Crippen LogP contribution >= 0.6 is 0 Å². The molecule has 0 aliphatic carbocycles. The minimum absolute atomic E-state index is 0.226. The van der Waals surface area contributed by atoms with Crippen molar-refractivity contribution in [1.29, 1.82) is 0 Å². The van der Waals surface area contributed by atoms with Gasteiger partial charge in [-0.25, -0.2) is 4.79 Å². The summed E-state index contributed by atoms with van der Waals surface area (Å²) in [5.41, 5.74) is 7.42. The van der Waals surface area contributed by atoms with Crippen LogP contribution in [-0.4, -0.2) is 25.8 Å². The fourth-order valence-electron chi connectivity index (χ4n) is 1.75. The molecule has 0 fully saturated rings. The van der Waals surface area contributed by atoms with Gasteiger partial charge < -0.3 is 10.7 Å². The van der Waals surface area contributed by atoms with E-state index in [0.717, 1.165) is 16.5 Å². The fraction of sp³-hybridized carbons (Fsp3) is 0.182. The summed E-state index contributed by atoms with van der Waals surface area (Å²) in [6.45, 7) is 0. The van der Waals surface area contributed by atoms with Gasteiger partial charge in [0.1, 0.15) is 6.04 Å². The molecule has 0 aliphatic heterocycles. The molecule has 102 valence electrons. The number of hydrogen-bond acceptors (Lipinski definition) is 5. The third-order valence-corrected chi connectivity index (χ3v) is 2.78. The lowest BCUT2D eigenvalue weighted by atomic mass is 10.1. The molecule has 0 saturated heterocycles. The molecule has 19 heavy (non-hydrogen) atoms. The summed E-state index contributed by atoms with van der Waals surface area (Å²) in [7, 11) is 0. The van der Waals surface area contributed by atoms with Gasteiger partial charge >= 0.3 is 17.3 Å². The minimum Gasteiger partial charge on any atom is -0.361 e.